The highest BCUT2D eigenvalue weighted by molar-refractivity contribution is 7.99. The summed E-state index contributed by atoms with van der Waals surface area (Å²) in [6.07, 6.45) is 7.02. The van der Waals surface area contributed by atoms with E-state index in [2.05, 4.69) is 40.5 Å². The van der Waals surface area contributed by atoms with Crippen molar-refractivity contribution < 1.29 is 0 Å². The number of fused-ring (bicyclic) bond motifs is 3. The SMILES string of the molecule is CC1CCc2c(sc3nc(C(C)Sc4nccn4Cc4ccccc4)[nH]c(=O)c23)C1. The van der Waals surface area contributed by atoms with Crippen LogP contribution in [-0.4, -0.2) is 19.5 Å². The number of aromatic nitrogens is 4. The van der Waals surface area contributed by atoms with Crippen LogP contribution in [0.3, 0.4) is 0 Å². The van der Waals surface area contributed by atoms with Gasteiger partial charge in [-0.05, 0) is 43.2 Å². The molecule has 30 heavy (non-hydrogen) atoms. The molecule has 4 aromatic rings. The van der Waals surface area contributed by atoms with Gasteiger partial charge in [-0.3, -0.25) is 4.79 Å². The van der Waals surface area contributed by atoms with E-state index < -0.39 is 0 Å². The molecule has 0 saturated heterocycles. The van der Waals surface area contributed by atoms with Gasteiger partial charge in [-0.2, -0.15) is 0 Å². The quantitative estimate of drug-likeness (QED) is 0.436. The Kier molecular flexibility index (Phi) is 5.25. The van der Waals surface area contributed by atoms with Crippen LogP contribution >= 0.6 is 23.1 Å². The summed E-state index contributed by atoms with van der Waals surface area (Å²) in [4.78, 5) is 27.6. The Morgan fingerprint density at radius 1 is 1.33 bits per heavy atom. The van der Waals surface area contributed by atoms with E-state index in [1.54, 1.807) is 23.1 Å². The normalized spacial score (nSPS) is 17.2. The van der Waals surface area contributed by atoms with Crippen LogP contribution < -0.4 is 5.56 Å². The summed E-state index contributed by atoms with van der Waals surface area (Å²) in [6, 6.07) is 10.4. The molecule has 0 amide bonds. The van der Waals surface area contributed by atoms with Gasteiger partial charge in [-0.25, -0.2) is 9.97 Å². The zero-order chi connectivity index (χ0) is 20.7. The molecule has 1 aliphatic rings. The zero-order valence-electron chi connectivity index (χ0n) is 17.1. The molecule has 0 bridgehead atoms. The molecule has 0 spiro atoms. The molecule has 0 fully saturated rings. The first-order chi connectivity index (χ1) is 14.6. The molecular weight excluding hydrogens is 412 g/mol. The molecule has 3 aromatic heterocycles. The fourth-order valence-corrected chi connectivity index (χ4v) is 6.40. The van der Waals surface area contributed by atoms with E-state index in [1.165, 1.54) is 16.0 Å². The predicted octanol–water partition coefficient (Wildman–Crippen LogP) is 5.21. The first kappa shape index (κ1) is 19.6. The Hall–Kier alpha value is -2.38. The lowest BCUT2D eigenvalue weighted by Gasteiger charge is -2.17. The fraction of sp³-hybridized carbons (Fsp3) is 0.348. The number of hydrogen-bond acceptors (Lipinski definition) is 5. The van der Waals surface area contributed by atoms with Crippen molar-refractivity contribution in [2.45, 2.75) is 50.1 Å². The van der Waals surface area contributed by atoms with Crippen LogP contribution in [0.5, 0.6) is 0 Å². The van der Waals surface area contributed by atoms with Crippen molar-refractivity contribution in [3.05, 3.63) is 74.9 Å². The van der Waals surface area contributed by atoms with Gasteiger partial charge in [0.15, 0.2) is 5.16 Å². The second-order valence-electron chi connectivity index (χ2n) is 8.07. The second kappa shape index (κ2) is 8.04. The van der Waals surface area contributed by atoms with E-state index in [4.69, 9.17) is 4.98 Å². The van der Waals surface area contributed by atoms with Gasteiger partial charge in [-0.15, -0.1) is 11.3 Å². The topological polar surface area (TPSA) is 63.6 Å². The zero-order valence-corrected chi connectivity index (χ0v) is 18.7. The summed E-state index contributed by atoms with van der Waals surface area (Å²) >= 11 is 3.33. The third kappa shape index (κ3) is 3.72. The summed E-state index contributed by atoms with van der Waals surface area (Å²) in [5, 5.41) is 1.74. The number of H-pyrrole nitrogens is 1. The van der Waals surface area contributed by atoms with Gasteiger partial charge < -0.3 is 9.55 Å². The molecule has 1 aliphatic carbocycles. The first-order valence-corrected chi connectivity index (χ1v) is 12.0. The second-order valence-corrected chi connectivity index (χ2v) is 10.5. The monoisotopic (exact) mass is 436 g/mol. The van der Waals surface area contributed by atoms with E-state index in [0.29, 0.717) is 5.92 Å². The van der Waals surface area contributed by atoms with Crippen molar-refractivity contribution >= 4 is 33.3 Å². The average Bonchev–Trinajstić information content (AvgIpc) is 3.32. The van der Waals surface area contributed by atoms with Crippen LogP contribution in [0.15, 0.2) is 52.7 Å². The van der Waals surface area contributed by atoms with Crippen LogP contribution in [0.2, 0.25) is 0 Å². The lowest BCUT2D eigenvalue weighted by atomic mass is 9.89. The minimum absolute atomic E-state index is 0.00197. The maximum absolute atomic E-state index is 12.9. The smallest absolute Gasteiger partial charge is 0.259 e. The Balaban J connectivity index is 1.42. The van der Waals surface area contributed by atoms with Crippen molar-refractivity contribution in [3.8, 4) is 0 Å². The number of thioether (sulfide) groups is 1. The van der Waals surface area contributed by atoms with E-state index in [0.717, 1.165) is 47.0 Å². The van der Waals surface area contributed by atoms with Crippen molar-refractivity contribution in [1.82, 2.24) is 19.5 Å². The number of rotatable bonds is 5. The maximum atomic E-state index is 12.9. The minimum Gasteiger partial charge on any atom is -0.322 e. The average molecular weight is 437 g/mol. The van der Waals surface area contributed by atoms with Crippen LogP contribution in [0.25, 0.3) is 10.2 Å². The van der Waals surface area contributed by atoms with Gasteiger partial charge in [0, 0.05) is 23.8 Å². The Labute approximate surface area is 183 Å². The maximum Gasteiger partial charge on any atom is 0.259 e. The van der Waals surface area contributed by atoms with E-state index in [9.17, 15) is 4.79 Å². The van der Waals surface area contributed by atoms with E-state index in [1.807, 2.05) is 30.6 Å². The van der Waals surface area contributed by atoms with Crippen LogP contribution in [0.4, 0.5) is 0 Å². The summed E-state index contributed by atoms with van der Waals surface area (Å²) in [5.41, 5.74) is 2.46. The number of nitrogens with zero attached hydrogens (tertiary/aromatic N) is 3. The third-order valence-corrected chi connectivity index (χ3v) is 8.00. The molecule has 5 nitrogen and oxygen atoms in total. The highest BCUT2D eigenvalue weighted by atomic mass is 32.2. The molecule has 3 heterocycles. The number of aryl methyl sites for hydroxylation is 1. The van der Waals surface area contributed by atoms with E-state index in [-0.39, 0.29) is 10.8 Å². The van der Waals surface area contributed by atoms with Gasteiger partial charge >= 0.3 is 0 Å². The molecule has 2 unspecified atom stereocenters. The molecule has 0 saturated carbocycles. The van der Waals surface area contributed by atoms with Crippen molar-refractivity contribution in [3.63, 3.8) is 0 Å². The van der Waals surface area contributed by atoms with Crippen LogP contribution in [-0.2, 0) is 19.4 Å². The summed E-state index contributed by atoms with van der Waals surface area (Å²) in [6.45, 7) is 5.13. The Bertz CT molecular complexity index is 1240. The molecule has 7 heteroatoms. The molecule has 0 aliphatic heterocycles. The van der Waals surface area contributed by atoms with Gasteiger partial charge in [0.1, 0.15) is 10.7 Å². The number of nitrogens with one attached hydrogen (secondary N) is 1. The summed E-state index contributed by atoms with van der Waals surface area (Å²) in [7, 11) is 0. The number of aromatic amines is 1. The molecular formula is C23H24N4OS2. The summed E-state index contributed by atoms with van der Waals surface area (Å²) < 4.78 is 2.14. The number of thiophene rings is 1. The van der Waals surface area contributed by atoms with Crippen molar-refractivity contribution in [2.24, 2.45) is 5.92 Å². The third-order valence-electron chi connectivity index (χ3n) is 5.72. The lowest BCUT2D eigenvalue weighted by molar-refractivity contribution is 0.509. The molecule has 5 rings (SSSR count). The molecule has 2 atom stereocenters. The van der Waals surface area contributed by atoms with Crippen LogP contribution in [0.1, 0.15) is 47.3 Å². The predicted molar refractivity (Wildman–Crippen MR) is 123 cm³/mol. The van der Waals surface area contributed by atoms with Gasteiger partial charge in [0.05, 0.1) is 10.6 Å². The number of benzene rings is 1. The van der Waals surface area contributed by atoms with Crippen molar-refractivity contribution in [2.75, 3.05) is 0 Å². The molecule has 0 radical (unpaired) electrons. The number of hydrogen-bond donors (Lipinski definition) is 1. The standard InChI is InChI=1S/C23H24N4OS2/c1-14-8-9-17-18(12-14)30-22-19(17)21(28)25-20(26-22)15(2)29-23-24-10-11-27(23)13-16-6-4-3-5-7-16/h3-7,10-11,14-15H,8-9,12-13H2,1-2H3,(H,25,26,28). The fourth-order valence-electron chi connectivity index (χ4n) is 4.09. The molecule has 1 aromatic carbocycles. The Morgan fingerprint density at radius 2 is 2.17 bits per heavy atom. The highest BCUT2D eigenvalue weighted by Crippen LogP contribution is 2.37. The minimum atomic E-state index is -0.00271. The largest absolute Gasteiger partial charge is 0.322 e. The lowest BCUT2D eigenvalue weighted by Crippen LogP contribution is -2.15. The van der Waals surface area contributed by atoms with Crippen molar-refractivity contribution in [1.29, 1.82) is 0 Å². The van der Waals surface area contributed by atoms with Gasteiger partial charge in [0.25, 0.3) is 5.56 Å². The molecule has 1 N–H and O–H groups in total. The highest BCUT2D eigenvalue weighted by Gasteiger charge is 2.24. The van der Waals surface area contributed by atoms with Gasteiger partial charge in [0.2, 0.25) is 0 Å². The van der Waals surface area contributed by atoms with Gasteiger partial charge in [-0.1, -0.05) is 49.0 Å². The van der Waals surface area contributed by atoms with E-state index >= 15 is 0 Å². The molecule has 154 valence electrons. The first-order valence-electron chi connectivity index (χ1n) is 10.3. The number of imidazole rings is 1. The summed E-state index contributed by atoms with van der Waals surface area (Å²) in [5.74, 6) is 1.40. The Morgan fingerprint density at radius 3 is 3.00 bits per heavy atom. The van der Waals surface area contributed by atoms with Crippen LogP contribution in [0, 0.1) is 5.92 Å².